The number of hydrogen-bond acceptors (Lipinski definition) is 5. The quantitative estimate of drug-likeness (QED) is 0.516. The maximum absolute atomic E-state index is 10.5. The van der Waals surface area contributed by atoms with Crippen LogP contribution in [0, 0.1) is 10.1 Å². The van der Waals surface area contributed by atoms with Crippen molar-refractivity contribution in [3.63, 3.8) is 0 Å². The molecular formula is C11H12BrClN4O2. The highest BCUT2D eigenvalue weighted by Crippen LogP contribution is 2.14. The number of pyridine rings is 1. The molecule has 1 N–H and O–H groups in total. The Bertz CT molecular complexity index is 504. The fraction of sp³-hybridized carbons (Fsp3) is 0.182. The molecule has 0 aliphatic carbocycles. The third-order valence-electron chi connectivity index (χ3n) is 2.37. The summed E-state index contributed by atoms with van der Waals surface area (Å²) in [6.07, 6.45) is 6.43. The van der Waals surface area contributed by atoms with Crippen molar-refractivity contribution in [2.24, 2.45) is 0 Å². The molecule has 0 bridgehead atoms. The van der Waals surface area contributed by atoms with Crippen molar-refractivity contribution in [3.05, 3.63) is 62.9 Å². The van der Waals surface area contributed by atoms with Crippen LogP contribution in [0.4, 0.5) is 0 Å². The first-order chi connectivity index (χ1) is 8.65. The summed E-state index contributed by atoms with van der Waals surface area (Å²) in [6, 6.07) is 3.76. The normalized spacial score (nSPS) is 15.8. The van der Waals surface area contributed by atoms with E-state index in [9.17, 15) is 10.1 Å². The lowest BCUT2D eigenvalue weighted by Gasteiger charge is -2.25. The molecule has 1 aromatic rings. The van der Waals surface area contributed by atoms with Crippen molar-refractivity contribution in [2.45, 2.75) is 6.54 Å². The number of rotatable bonds is 3. The van der Waals surface area contributed by atoms with Gasteiger partial charge in [-0.3, -0.25) is 10.1 Å². The molecule has 0 amide bonds. The van der Waals surface area contributed by atoms with Gasteiger partial charge >= 0.3 is 0 Å². The Hall–Kier alpha value is -1.60. The lowest BCUT2D eigenvalue weighted by molar-refractivity contribution is -0.404. The summed E-state index contributed by atoms with van der Waals surface area (Å²) in [5, 5.41) is 13.5. The highest BCUT2D eigenvalue weighted by molar-refractivity contribution is 9.10. The van der Waals surface area contributed by atoms with Gasteiger partial charge in [0.2, 0.25) is 0 Å². The molecule has 2 heterocycles. The first-order valence-electron chi connectivity index (χ1n) is 5.28. The van der Waals surface area contributed by atoms with Crippen LogP contribution < -0.4 is 5.32 Å². The number of aromatic nitrogens is 1. The van der Waals surface area contributed by atoms with E-state index in [-0.39, 0.29) is 12.4 Å². The lowest BCUT2D eigenvalue weighted by atomic mass is 10.2. The van der Waals surface area contributed by atoms with Gasteiger partial charge in [-0.2, -0.15) is 0 Å². The third kappa shape index (κ3) is 4.53. The van der Waals surface area contributed by atoms with E-state index in [2.05, 4.69) is 26.2 Å². The summed E-state index contributed by atoms with van der Waals surface area (Å²) >= 11 is 3.26. The third-order valence-corrected chi connectivity index (χ3v) is 2.83. The van der Waals surface area contributed by atoms with Crippen LogP contribution in [-0.4, -0.2) is 21.4 Å². The van der Waals surface area contributed by atoms with E-state index in [1.807, 2.05) is 24.4 Å². The lowest BCUT2D eigenvalue weighted by Crippen LogP contribution is -2.32. The molecule has 1 aliphatic rings. The monoisotopic (exact) mass is 346 g/mol. The zero-order valence-electron chi connectivity index (χ0n) is 9.82. The second-order valence-corrected chi connectivity index (χ2v) is 4.49. The van der Waals surface area contributed by atoms with Crippen LogP contribution in [0.25, 0.3) is 0 Å². The molecule has 102 valence electrons. The van der Waals surface area contributed by atoms with Crippen LogP contribution in [-0.2, 0) is 6.54 Å². The zero-order chi connectivity index (χ0) is 13.0. The van der Waals surface area contributed by atoms with Gasteiger partial charge < -0.3 is 10.2 Å². The zero-order valence-corrected chi connectivity index (χ0v) is 12.2. The predicted molar refractivity (Wildman–Crippen MR) is 76.9 cm³/mol. The van der Waals surface area contributed by atoms with Gasteiger partial charge in [-0.1, -0.05) is 6.07 Å². The standard InChI is InChI=1S/C11H11BrN4O2.ClH/c12-10-3-2-9(6-14-10)7-15-5-1-4-13-11(15)8-16(17)18;/h1-3,5-6,8,13H,4,7H2;1H. The molecule has 0 atom stereocenters. The summed E-state index contributed by atoms with van der Waals surface area (Å²) in [7, 11) is 0. The molecule has 19 heavy (non-hydrogen) atoms. The molecular weight excluding hydrogens is 336 g/mol. The van der Waals surface area contributed by atoms with E-state index in [1.165, 1.54) is 0 Å². The second kappa shape index (κ2) is 7.10. The second-order valence-electron chi connectivity index (χ2n) is 3.68. The Morgan fingerprint density at radius 3 is 3.00 bits per heavy atom. The van der Waals surface area contributed by atoms with E-state index in [0.717, 1.165) is 16.4 Å². The fourth-order valence-corrected chi connectivity index (χ4v) is 1.81. The Morgan fingerprint density at radius 2 is 2.37 bits per heavy atom. The topological polar surface area (TPSA) is 71.3 Å². The first-order valence-corrected chi connectivity index (χ1v) is 6.07. The summed E-state index contributed by atoms with van der Waals surface area (Å²) in [5.74, 6) is 0.477. The van der Waals surface area contributed by atoms with E-state index in [4.69, 9.17) is 0 Å². The first kappa shape index (κ1) is 15.5. The van der Waals surface area contributed by atoms with E-state index < -0.39 is 4.92 Å². The maximum atomic E-state index is 10.5. The molecule has 6 nitrogen and oxygen atoms in total. The number of nitrogens with zero attached hydrogens (tertiary/aromatic N) is 3. The van der Waals surface area contributed by atoms with Crippen LogP contribution >= 0.6 is 28.3 Å². The minimum atomic E-state index is -0.464. The van der Waals surface area contributed by atoms with E-state index >= 15 is 0 Å². The van der Waals surface area contributed by atoms with Gasteiger partial charge in [0.15, 0.2) is 5.82 Å². The van der Waals surface area contributed by atoms with Crippen molar-refractivity contribution in [1.82, 2.24) is 15.2 Å². The van der Waals surface area contributed by atoms with Crippen LogP contribution in [0.3, 0.4) is 0 Å². The van der Waals surface area contributed by atoms with Crippen LogP contribution in [0.15, 0.2) is 47.2 Å². The predicted octanol–water partition coefficient (Wildman–Crippen LogP) is 2.26. The summed E-state index contributed by atoms with van der Waals surface area (Å²) in [6.45, 7) is 1.12. The van der Waals surface area contributed by atoms with Gasteiger partial charge in [-0.25, -0.2) is 4.98 Å². The van der Waals surface area contributed by atoms with Crippen molar-refractivity contribution < 1.29 is 4.92 Å². The molecule has 8 heteroatoms. The SMILES string of the molecule is Cl.O=[N+]([O-])C=C1NCC=CN1Cc1ccc(Br)nc1. The molecule has 2 rings (SSSR count). The van der Waals surface area contributed by atoms with Gasteiger partial charge in [0.1, 0.15) is 4.60 Å². The molecule has 0 aromatic carbocycles. The number of nitro groups is 1. The average Bonchev–Trinajstić information content (AvgIpc) is 2.34. The van der Waals surface area contributed by atoms with Crippen molar-refractivity contribution >= 4 is 28.3 Å². The number of halogens is 2. The maximum Gasteiger partial charge on any atom is 0.274 e. The Morgan fingerprint density at radius 1 is 1.58 bits per heavy atom. The molecule has 0 radical (unpaired) electrons. The summed E-state index contributed by atoms with van der Waals surface area (Å²) < 4.78 is 0.764. The van der Waals surface area contributed by atoms with Crippen molar-refractivity contribution in [3.8, 4) is 0 Å². The van der Waals surface area contributed by atoms with Crippen molar-refractivity contribution in [1.29, 1.82) is 0 Å². The minimum Gasteiger partial charge on any atom is -0.363 e. The number of hydrogen-bond donors (Lipinski definition) is 1. The Balaban J connectivity index is 0.00000180. The molecule has 0 fully saturated rings. The molecule has 0 spiro atoms. The van der Waals surface area contributed by atoms with Gasteiger partial charge in [-0.15, -0.1) is 12.4 Å². The van der Waals surface area contributed by atoms with Gasteiger partial charge in [0.05, 0.1) is 11.5 Å². The molecule has 0 unspecified atom stereocenters. The summed E-state index contributed by atoms with van der Waals surface area (Å²) in [5.41, 5.74) is 0.973. The largest absolute Gasteiger partial charge is 0.363 e. The summed E-state index contributed by atoms with van der Waals surface area (Å²) in [4.78, 5) is 16.0. The van der Waals surface area contributed by atoms with Crippen LogP contribution in [0.1, 0.15) is 5.56 Å². The minimum absolute atomic E-state index is 0. The average molecular weight is 348 g/mol. The molecule has 1 aromatic heterocycles. The van der Waals surface area contributed by atoms with Gasteiger partial charge in [-0.05, 0) is 33.6 Å². The highest BCUT2D eigenvalue weighted by atomic mass is 79.9. The fourth-order valence-electron chi connectivity index (χ4n) is 1.58. The molecule has 1 aliphatic heterocycles. The highest BCUT2D eigenvalue weighted by Gasteiger charge is 2.14. The van der Waals surface area contributed by atoms with Crippen LogP contribution in [0.2, 0.25) is 0 Å². The molecule has 0 saturated heterocycles. The van der Waals surface area contributed by atoms with E-state index in [0.29, 0.717) is 18.9 Å². The van der Waals surface area contributed by atoms with Gasteiger partial charge in [0, 0.05) is 18.9 Å². The van der Waals surface area contributed by atoms with E-state index in [1.54, 1.807) is 11.1 Å². The molecule has 0 saturated carbocycles. The van der Waals surface area contributed by atoms with Crippen molar-refractivity contribution in [2.75, 3.05) is 6.54 Å². The smallest absolute Gasteiger partial charge is 0.274 e. The Labute approximate surface area is 124 Å². The van der Waals surface area contributed by atoms with Gasteiger partial charge in [0.25, 0.3) is 6.20 Å². The number of nitrogens with one attached hydrogen (secondary N) is 1. The Kier molecular flexibility index (Phi) is 5.78. The van der Waals surface area contributed by atoms with Crippen LogP contribution in [0.5, 0.6) is 0 Å².